The SMILES string of the molecule is COc1cc(/C=C/C(=O)NO)ccc1OC[C@H](Cc1c[nH]c2ccccc12)NS(=O)(=O)c1ccc(NC(C)=O)cc1. The summed E-state index contributed by atoms with van der Waals surface area (Å²) in [6.07, 6.45) is 4.82. The Kier molecular flexibility index (Phi) is 9.40. The van der Waals surface area contributed by atoms with Crippen LogP contribution in [-0.2, 0) is 26.0 Å². The van der Waals surface area contributed by atoms with Gasteiger partial charge in [-0.05, 0) is 66.1 Å². The minimum absolute atomic E-state index is 0.0266. The number of H-pyrrole nitrogens is 1. The fraction of sp³-hybridized carbons (Fsp3) is 0.172. The van der Waals surface area contributed by atoms with Crippen molar-refractivity contribution in [1.29, 1.82) is 0 Å². The Morgan fingerprint density at radius 2 is 1.80 bits per heavy atom. The highest BCUT2D eigenvalue weighted by atomic mass is 32.2. The molecule has 11 nitrogen and oxygen atoms in total. The highest BCUT2D eigenvalue weighted by Gasteiger charge is 2.23. The third kappa shape index (κ3) is 7.72. The van der Waals surface area contributed by atoms with Crippen LogP contribution in [0.2, 0.25) is 0 Å². The molecule has 0 unspecified atom stereocenters. The lowest BCUT2D eigenvalue weighted by atomic mass is 10.1. The molecule has 41 heavy (non-hydrogen) atoms. The maximum Gasteiger partial charge on any atom is 0.267 e. The summed E-state index contributed by atoms with van der Waals surface area (Å²) in [7, 11) is -2.49. The first-order valence-corrected chi connectivity index (χ1v) is 14.0. The van der Waals surface area contributed by atoms with Crippen LogP contribution in [0.15, 0.2) is 83.9 Å². The zero-order valence-electron chi connectivity index (χ0n) is 22.4. The first-order chi connectivity index (χ1) is 19.7. The molecule has 4 rings (SSSR count). The third-order valence-corrected chi connectivity index (χ3v) is 7.65. The summed E-state index contributed by atoms with van der Waals surface area (Å²) in [5, 5.41) is 12.3. The number of sulfonamides is 1. The zero-order valence-corrected chi connectivity index (χ0v) is 23.2. The van der Waals surface area contributed by atoms with Crippen molar-refractivity contribution in [3.63, 3.8) is 0 Å². The number of ether oxygens (including phenoxy) is 2. The lowest BCUT2D eigenvalue weighted by molar-refractivity contribution is -0.124. The largest absolute Gasteiger partial charge is 0.493 e. The predicted octanol–water partition coefficient (Wildman–Crippen LogP) is 3.62. The Balaban J connectivity index is 1.57. The van der Waals surface area contributed by atoms with E-state index in [0.717, 1.165) is 22.5 Å². The summed E-state index contributed by atoms with van der Waals surface area (Å²) in [6, 6.07) is 17.9. The minimum atomic E-state index is -3.96. The summed E-state index contributed by atoms with van der Waals surface area (Å²) in [5.41, 5.74) is 4.47. The molecule has 5 N–H and O–H groups in total. The third-order valence-electron chi connectivity index (χ3n) is 6.11. The van der Waals surface area contributed by atoms with Crippen molar-refractivity contribution in [2.75, 3.05) is 19.0 Å². The number of methoxy groups -OCH3 is 1. The number of aromatic amines is 1. The first kappa shape index (κ1) is 29.3. The van der Waals surface area contributed by atoms with E-state index in [1.54, 1.807) is 18.2 Å². The second-order valence-electron chi connectivity index (χ2n) is 9.12. The highest BCUT2D eigenvalue weighted by molar-refractivity contribution is 7.89. The monoisotopic (exact) mass is 578 g/mol. The fourth-order valence-corrected chi connectivity index (χ4v) is 5.44. The van der Waals surface area contributed by atoms with Gasteiger partial charge in [-0.15, -0.1) is 0 Å². The van der Waals surface area contributed by atoms with Gasteiger partial charge in [0.25, 0.3) is 5.91 Å². The number of para-hydroxylation sites is 1. The fourth-order valence-electron chi connectivity index (χ4n) is 4.22. The highest BCUT2D eigenvalue weighted by Crippen LogP contribution is 2.29. The standard InChI is InChI=1S/C29H30N4O7S/c1-19(34)31-22-9-11-24(12-10-22)41(37,38)33-23(16-21-17-30-26-6-4-3-5-25(21)26)18-40-27-13-7-20(15-28(27)39-2)8-14-29(35)32-36/h3-15,17,23,30,33,36H,16,18H2,1-2H3,(H,31,34)(H,32,35)/b14-8+/t23-/m0/s1. The van der Waals surface area contributed by atoms with E-state index < -0.39 is 22.0 Å². The number of amides is 2. The van der Waals surface area contributed by atoms with Gasteiger partial charge in [0.15, 0.2) is 11.5 Å². The molecule has 1 aromatic heterocycles. The van der Waals surface area contributed by atoms with Crippen molar-refractivity contribution >= 4 is 44.5 Å². The molecule has 0 spiro atoms. The van der Waals surface area contributed by atoms with Gasteiger partial charge < -0.3 is 19.8 Å². The van der Waals surface area contributed by atoms with E-state index in [-0.39, 0.29) is 17.4 Å². The summed E-state index contributed by atoms with van der Waals surface area (Å²) in [4.78, 5) is 25.9. The Morgan fingerprint density at radius 3 is 2.51 bits per heavy atom. The number of hydroxylamine groups is 1. The number of carbonyl (C=O) groups excluding carboxylic acids is 2. The molecule has 0 saturated heterocycles. The van der Waals surface area contributed by atoms with Gasteiger partial charge in [-0.1, -0.05) is 24.3 Å². The van der Waals surface area contributed by atoms with Crippen LogP contribution in [-0.4, -0.2) is 50.2 Å². The lowest BCUT2D eigenvalue weighted by Gasteiger charge is -2.20. The molecular weight excluding hydrogens is 548 g/mol. The van der Waals surface area contributed by atoms with Gasteiger partial charge in [0, 0.05) is 35.8 Å². The van der Waals surface area contributed by atoms with E-state index >= 15 is 0 Å². The van der Waals surface area contributed by atoms with Crippen LogP contribution in [0.25, 0.3) is 17.0 Å². The van der Waals surface area contributed by atoms with Crippen molar-refractivity contribution in [3.05, 3.63) is 90.1 Å². The van der Waals surface area contributed by atoms with E-state index in [1.807, 2.05) is 30.5 Å². The molecule has 0 fully saturated rings. The number of hydrogen-bond acceptors (Lipinski definition) is 7. The summed E-state index contributed by atoms with van der Waals surface area (Å²) in [6.45, 7) is 1.34. The van der Waals surface area contributed by atoms with Crippen LogP contribution in [0, 0.1) is 0 Å². The molecule has 0 aliphatic carbocycles. The minimum Gasteiger partial charge on any atom is -0.493 e. The average molecular weight is 579 g/mol. The van der Waals surface area contributed by atoms with E-state index in [9.17, 15) is 18.0 Å². The molecule has 1 atom stereocenters. The maximum absolute atomic E-state index is 13.4. The maximum atomic E-state index is 13.4. The Labute approximate surface area is 237 Å². The van der Waals surface area contributed by atoms with Crippen LogP contribution < -0.4 is 25.0 Å². The average Bonchev–Trinajstić information content (AvgIpc) is 3.37. The number of benzene rings is 3. The Hall–Kier alpha value is -4.65. The topological polar surface area (TPSA) is 159 Å². The van der Waals surface area contributed by atoms with Gasteiger partial charge in [0.1, 0.15) is 6.61 Å². The van der Waals surface area contributed by atoms with Crippen molar-refractivity contribution in [3.8, 4) is 11.5 Å². The first-order valence-electron chi connectivity index (χ1n) is 12.6. The van der Waals surface area contributed by atoms with Gasteiger partial charge in [-0.25, -0.2) is 18.6 Å². The number of nitrogens with one attached hydrogen (secondary N) is 4. The van der Waals surface area contributed by atoms with Crippen molar-refractivity contribution in [2.24, 2.45) is 0 Å². The van der Waals surface area contributed by atoms with Gasteiger partial charge in [0.05, 0.1) is 18.0 Å². The lowest BCUT2D eigenvalue weighted by Crippen LogP contribution is -2.40. The molecule has 214 valence electrons. The number of aromatic nitrogens is 1. The number of hydrogen-bond donors (Lipinski definition) is 5. The van der Waals surface area contributed by atoms with E-state index in [1.165, 1.54) is 49.9 Å². The van der Waals surface area contributed by atoms with E-state index in [4.69, 9.17) is 14.7 Å². The second-order valence-corrected chi connectivity index (χ2v) is 10.8. The summed E-state index contributed by atoms with van der Waals surface area (Å²) >= 11 is 0. The van der Waals surface area contributed by atoms with Crippen molar-refractivity contribution in [1.82, 2.24) is 15.2 Å². The van der Waals surface area contributed by atoms with Gasteiger partial charge >= 0.3 is 0 Å². The molecule has 0 aliphatic heterocycles. The van der Waals surface area contributed by atoms with E-state index in [0.29, 0.717) is 29.2 Å². The molecule has 0 bridgehead atoms. The predicted molar refractivity (Wildman–Crippen MR) is 154 cm³/mol. The molecule has 12 heteroatoms. The normalized spacial score (nSPS) is 12.3. The molecule has 3 aromatic carbocycles. The molecular formula is C29H30N4O7S. The molecule has 0 aliphatic rings. The number of carbonyl (C=O) groups is 2. The van der Waals surface area contributed by atoms with Crippen LogP contribution in [0.5, 0.6) is 11.5 Å². The van der Waals surface area contributed by atoms with Crippen LogP contribution in [0.4, 0.5) is 5.69 Å². The second kappa shape index (κ2) is 13.1. The van der Waals surface area contributed by atoms with Crippen LogP contribution >= 0.6 is 0 Å². The molecule has 0 saturated carbocycles. The van der Waals surface area contributed by atoms with Gasteiger partial charge in [-0.2, -0.15) is 0 Å². The number of anilines is 1. The molecule has 2 amide bonds. The summed E-state index contributed by atoms with van der Waals surface area (Å²) < 4.78 is 41.0. The van der Waals surface area contributed by atoms with Crippen LogP contribution in [0.3, 0.4) is 0 Å². The summed E-state index contributed by atoms with van der Waals surface area (Å²) in [5.74, 6) is -0.191. The van der Waals surface area contributed by atoms with E-state index in [2.05, 4.69) is 15.0 Å². The van der Waals surface area contributed by atoms with Gasteiger partial charge in [-0.3, -0.25) is 14.8 Å². The van der Waals surface area contributed by atoms with Crippen molar-refractivity contribution < 1.29 is 32.7 Å². The van der Waals surface area contributed by atoms with Gasteiger partial charge in [0.2, 0.25) is 15.9 Å². The Morgan fingerprint density at radius 1 is 1.05 bits per heavy atom. The molecule has 4 aromatic rings. The zero-order chi connectivity index (χ0) is 29.4. The number of fused-ring (bicyclic) bond motifs is 1. The molecule has 0 radical (unpaired) electrons. The van der Waals surface area contributed by atoms with Crippen molar-refractivity contribution in [2.45, 2.75) is 24.3 Å². The number of rotatable bonds is 12. The quantitative estimate of drug-likeness (QED) is 0.0975. The smallest absolute Gasteiger partial charge is 0.267 e. The van der Waals surface area contributed by atoms with Crippen LogP contribution in [0.1, 0.15) is 18.1 Å². The molecule has 1 heterocycles. The Bertz CT molecular complexity index is 1660.